The number of halogens is 1. The molecule has 1 nitrogen and oxygen atoms in total. The fourth-order valence-electron chi connectivity index (χ4n) is 2.79. The molecule has 0 aliphatic heterocycles. The van der Waals surface area contributed by atoms with Gasteiger partial charge >= 0.3 is 0 Å². The minimum Gasteiger partial charge on any atom is -0.382 e. The minimum atomic E-state index is -0.165. The zero-order valence-corrected chi connectivity index (χ0v) is 10.6. The summed E-state index contributed by atoms with van der Waals surface area (Å²) >= 11 is 0. The SMILES string of the molecule is CCCC1CCC(Nc2ccc(F)cc2)CC1. The summed E-state index contributed by atoms with van der Waals surface area (Å²) in [4.78, 5) is 0. The van der Waals surface area contributed by atoms with Crippen molar-refractivity contribution in [2.24, 2.45) is 5.92 Å². The van der Waals surface area contributed by atoms with Gasteiger partial charge in [-0.3, -0.25) is 0 Å². The molecule has 2 heteroatoms. The maximum Gasteiger partial charge on any atom is 0.123 e. The average Bonchev–Trinajstić information content (AvgIpc) is 2.35. The second-order valence-electron chi connectivity index (χ2n) is 5.16. The van der Waals surface area contributed by atoms with E-state index in [9.17, 15) is 4.39 Å². The maximum absolute atomic E-state index is 12.8. The van der Waals surface area contributed by atoms with Crippen LogP contribution >= 0.6 is 0 Å². The molecule has 1 aromatic rings. The van der Waals surface area contributed by atoms with Gasteiger partial charge in [0.25, 0.3) is 0 Å². The predicted molar refractivity (Wildman–Crippen MR) is 70.7 cm³/mol. The highest BCUT2D eigenvalue weighted by Gasteiger charge is 2.20. The topological polar surface area (TPSA) is 12.0 Å². The summed E-state index contributed by atoms with van der Waals surface area (Å²) in [6.07, 6.45) is 7.87. The molecule has 1 aromatic carbocycles. The van der Waals surface area contributed by atoms with Gasteiger partial charge in [0.05, 0.1) is 0 Å². The molecule has 0 saturated heterocycles. The van der Waals surface area contributed by atoms with Gasteiger partial charge in [0, 0.05) is 11.7 Å². The first-order chi connectivity index (χ1) is 8.28. The molecule has 2 rings (SSSR count). The first-order valence-electron chi connectivity index (χ1n) is 6.80. The normalized spacial score (nSPS) is 24.6. The van der Waals surface area contributed by atoms with Crippen LogP contribution in [-0.2, 0) is 0 Å². The summed E-state index contributed by atoms with van der Waals surface area (Å²) in [6.45, 7) is 2.27. The summed E-state index contributed by atoms with van der Waals surface area (Å²) in [5, 5.41) is 3.50. The van der Waals surface area contributed by atoms with Gasteiger partial charge in [0.1, 0.15) is 5.82 Å². The molecule has 0 radical (unpaired) electrons. The lowest BCUT2D eigenvalue weighted by Gasteiger charge is -2.29. The Morgan fingerprint density at radius 2 is 1.76 bits per heavy atom. The molecule has 0 unspecified atom stereocenters. The molecule has 0 spiro atoms. The highest BCUT2D eigenvalue weighted by Crippen LogP contribution is 2.29. The third-order valence-electron chi connectivity index (χ3n) is 3.76. The van der Waals surface area contributed by atoms with Crippen LogP contribution in [-0.4, -0.2) is 6.04 Å². The van der Waals surface area contributed by atoms with Crippen molar-refractivity contribution in [1.29, 1.82) is 0 Å². The highest BCUT2D eigenvalue weighted by atomic mass is 19.1. The average molecular weight is 235 g/mol. The van der Waals surface area contributed by atoms with Crippen molar-refractivity contribution >= 4 is 5.69 Å². The minimum absolute atomic E-state index is 0.165. The number of rotatable bonds is 4. The van der Waals surface area contributed by atoms with Crippen molar-refractivity contribution in [3.63, 3.8) is 0 Å². The Hall–Kier alpha value is -1.05. The van der Waals surface area contributed by atoms with E-state index >= 15 is 0 Å². The van der Waals surface area contributed by atoms with E-state index in [-0.39, 0.29) is 5.82 Å². The maximum atomic E-state index is 12.8. The molecule has 0 atom stereocenters. The van der Waals surface area contributed by atoms with Crippen molar-refractivity contribution in [3.05, 3.63) is 30.1 Å². The van der Waals surface area contributed by atoms with Crippen LogP contribution in [0.1, 0.15) is 45.4 Å². The summed E-state index contributed by atoms with van der Waals surface area (Å²) in [5.41, 5.74) is 1.05. The molecule has 1 saturated carbocycles. The van der Waals surface area contributed by atoms with Gasteiger partial charge in [-0.2, -0.15) is 0 Å². The Bertz CT molecular complexity index is 325. The lowest BCUT2D eigenvalue weighted by Crippen LogP contribution is -2.26. The standard InChI is InChI=1S/C15H22FN/c1-2-3-12-4-8-14(9-5-12)17-15-10-6-13(16)7-11-15/h6-7,10-12,14,17H,2-5,8-9H2,1H3. The van der Waals surface area contributed by atoms with Crippen LogP contribution < -0.4 is 5.32 Å². The molecule has 1 N–H and O–H groups in total. The summed E-state index contributed by atoms with van der Waals surface area (Å²) < 4.78 is 12.8. The molecule has 0 heterocycles. The van der Waals surface area contributed by atoms with Crippen LogP contribution in [0.15, 0.2) is 24.3 Å². The Balaban J connectivity index is 1.79. The lowest BCUT2D eigenvalue weighted by atomic mass is 9.83. The highest BCUT2D eigenvalue weighted by molar-refractivity contribution is 5.43. The smallest absolute Gasteiger partial charge is 0.123 e. The molecule has 1 fully saturated rings. The Morgan fingerprint density at radius 1 is 1.12 bits per heavy atom. The van der Waals surface area contributed by atoms with E-state index in [1.54, 1.807) is 0 Å². The molecule has 1 aliphatic carbocycles. The van der Waals surface area contributed by atoms with Gasteiger partial charge in [-0.05, 0) is 55.9 Å². The molecule has 0 bridgehead atoms. The van der Waals surface area contributed by atoms with E-state index < -0.39 is 0 Å². The monoisotopic (exact) mass is 235 g/mol. The molecule has 1 aliphatic rings. The molecule has 94 valence electrons. The van der Waals surface area contributed by atoms with Gasteiger partial charge < -0.3 is 5.32 Å². The van der Waals surface area contributed by atoms with Gasteiger partial charge in [0.15, 0.2) is 0 Å². The number of nitrogens with one attached hydrogen (secondary N) is 1. The fourth-order valence-corrected chi connectivity index (χ4v) is 2.79. The molecular weight excluding hydrogens is 213 g/mol. The molecular formula is C15H22FN. The van der Waals surface area contributed by atoms with Crippen LogP contribution in [0.5, 0.6) is 0 Å². The van der Waals surface area contributed by atoms with E-state index in [0.29, 0.717) is 6.04 Å². The zero-order valence-electron chi connectivity index (χ0n) is 10.6. The second kappa shape index (κ2) is 6.04. The van der Waals surface area contributed by atoms with Crippen molar-refractivity contribution in [2.45, 2.75) is 51.5 Å². The Kier molecular flexibility index (Phi) is 4.41. The summed E-state index contributed by atoms with van der Waals surface area (Å²) in [6, 6.07) is 7.27. The summed E-state index contributed by atoms with van der Waals surface area (Å²) in [5.74, 6) is 0.772. The van der Waals surface area contributed by atoms with Crippen LogP contribution in [0.2, 0.25) is 0 Å². The zero-order chi connectivity index (χ0) is 12.1. The molecule has 0 aromatic heterocycles. The van der Waals surface area contributed by atoms with Crippen molar-refractivity contribution in [1.82, 2.24) is 0 Å². The summed E-state index contributed by atoms with van der Waals surface area (Å²) in [7, 11) is 0. The largest absolute Gasteiger partial charge is 0.382 e. The van der Waals surface area contributed by atoms with E-state index in [4.69, 9.17) is 0 Å². The van der Waals surface area contributed by atoms with Gasteiger partial charge in [-0.25, -0.2) is 4.39 Å². The number of anilines is 1. The first-order valence-corrected chi connectivity index (χ1v) is 6.80. The third-order valence-corrected chi connectivity index (χ3v) is 3.76. The second-order valence-corrected chi connectivity index (χ2v) is 5.16. The van der Waals surface area contributed by atoms with Crippen LogP contribution in [0.4, 0.5) is 10.1 Å². The lowest BCUT2D eigenvalue weighted by molar-refractivity contribution is 0.319. The van der Waals surface area contributed by atoms with Crippen molar-refractivity contribution in [3.8, 4) is 0 Å². The number of benzene rings is 1. The third kappa shape index (κ3) is 3.72. The first kappa shape index (κ1) is 12.4. The van der Waals surface area contributed by atoms with Crippen molar-refractivity contribution < 1.29 is 4.39 Å². The Labute approximate surface area is 103 Å². The van der Waals surface area contributed by atoms with E-state index in [2.05, 4.69) is 12.2 Å². The molecule has 17 heavy (non-hydrogen) atoms. The Morgan fingerprint density at radius 3 is 2.35 bits per heavy atom. The van der Waals surface area contributed by atoms with Gasteiger partial charge in [0.2, 0.25) is 0 Å². The van der Waals surface area contributed by atoms with Crippen LogP contribution in [0, 0.1) is 11.7 Å². The molecule has 0 amide bonds. The van der Waals surface area contributed by atoms with Gasteiger partial charge in [-0.1, -0.05) is 19.8 Å². The van der Waals surface area contributed by atoms with Gasteiger partial charge in [-0.15, -0.1) is 0 Å². The van der Waals surface area contributed by atoms with Crippen LogP contribution in [0.3, 0.4) is 0 Å². The quantitative estimate of drug-likeness (QED) is 0.804. The predicted octanol–water partition coefficient (Wildman–Crippen LogP) is 4.60. The van der Waals surface area contributed by atoms with E-state index in [1.165, 1.54) is 50.7 Å². The number of hydrogen-bond donors (Lipinski definition) is 1. The van der Waals surface area contributed by atoms with E-state index in [1.807, 2.05) is 12.1 Å². The van der Waals surface area contributed by atoms with Crippen LogP contribution in [0.25, 0.3) is 0 Å². The van der Waals surface area contributed by atoms with Crippen molar-refractivity contribution in [2.75, 3.05) is 5.32 Å². The number of hydrogen-bond acceptors (Lipinski definition) is 1. The van der Waals surface area contributed by atoms with E-state index in [0.717, 1.165) is 11.6 Å². The fraction of sp³-hybridized carbons (Fsp3) is 0.600.